The Morgan fingerprint density at radius 3 is 2.85 bits per heavy atom. The van der Waals surface area contributed by atoms with Gasteiger partial charge >= 0.3 is 5.97 Å². The molecule has 0 N–H and O–H groups in total. The van der Waals surface area contributed by atoms with Crippen molar-refractivity contribution < 1.29 is 9.53 Å². The number of hydrogen-bond acceptors (Lipinski definition) is 4. The number of likely N-dealkylation sites (tertiary alicyclic amines) is 1. The maximum absolute atomic E-state index is 11.6. The molecule has 3 aromatic rings. The zero-order valence-electron chi connectivity index (χ0n) is 15.9. The fraction of sp³-hybridized carbons (Fsp3) is 0.364. The second kappa shape index (κ2) is 7.53. The van der Waals surface area contributed by atoms with Crippen molar-refractivity contribution in [2.75, 3.05) is 26.7 Å². The number of carbonyl (C=O) groups is 1. The fourth-order valence-corrected chi connectivity index (χ4v) is 4.07. The van der Waals surface area contributed by atoms with Crippen molar-refractivity contribution in [2.24, 2.45) is 0 Å². The van der Waals surface area contributed by atoms with Crippen LogP contribution in [-0.4, -0.2) is 47.4 Å². The van der Waals surface area contributed by atoms with Crippen LogP contribution in [0.5, 0.6) is 0 Å². The van der Waals surface area contributed by atoms with Gasteiger partial charge in [0, 0.05) is 18.8 Å². The molecule has 1 saturated heterocycles. The van der Waals surface area contributed by atoms with Crippen LogP contribution < -0.4 is 0 Å². The summed E-state index contributed by atoms with van der Waals surface area (Å²) in [7, 11) is 1.38. The van der Waals surface area contributed by atoms with E-state index in [1.54, 1.807) is 6.07 Å². The Hall–Kier alpha value is -2.66. The first-order valence-electron chi connectivity index (χ1n) is 9.48. The number of rotatable bonds is 5. The highest BCUT2D eigenvalue weighted by Crippen LogP contribution is 2.32. The van der Waals surface area contributed by atoms with Gasteiger partial charge in [-0.25, -0.2) is 4.79 Å². The third-order valence-corrected chi connectivity index (χ3v) is 5.54. The highest BCUT2D eigenvalue weighted by molar-refractivity contribution is 5.87. The Labute approximate surface area is 159 Å². The highest BCUT2D eigenvalue weighted by atomic mass is 16.5. The number of hydrogen-bond donors (Lipinski definition) is 0. The number of benzene rings is 2. The lowest BCUT2D eigenvalue weighted by atomic mass is 9.93. The molecule has 1 aromatic heterocycles. The number of aryl methyl sites for hydroxylation is 1. The summed E-state index contributed by atoms with van der Waals surface area (Å²) in [6, 6.07) is 17.1. The molecule has 2 aromatic carbocycles. The van der Waals surface area contributed by atoms with Gasteiger partial charge in [-0.15, -0.1) is 0 Å². The molecule has 1 aliphatic rings. The number of carbonyl (C=O) groups excluding carboxylic acids is 1. The minimum absolute atomic E-state index is 0.380. The normalized spacial score (nSPS) is 17.5. The van der Waals surface area contributed by atoms with Crippen molar-refractivity contribution in [3.05, 3.63) is 65.5 Å². The molecule has 0 aliphatic carbocycles. The van der Waals surface area contributed by atoms with Crippen LogP contribution in [-0.2, 0) is 11.3 Å². The van der Waals surface area contributed by atoms with Gasteiger partial charge in [0.05, 0.1) is 13.7 Å². The molecular formula is C22H25N3O2. The Balaban J connectivity index is 1.42. The second-order valence-electron chi connectivity index (χ2n) is 7.24. The lowest BCUT2D eigenvalue weighted by molar-refractivity contribution is 0.0593. The van der Waals surface area contributed by atoms with Gasteiger partial charge in [-0.05, 0) is 48.2 Å². The van der Waals surface area contributed by atoms with Gasteiger partial charge in [0.1, 0.15) is 0 Å². The van der Waals surface area contributed by atoms with Crippen LogP contribution in [0.25, 0.3) is 10.8 Å². The molecule has 5 heteroatoms. The summed E-state index contributed by atoms with van der Waals surface area (Å²) >= 11 is 0. The zero-order chi connectivity index (χ0) is 18.8. The first-order chi connectivity index (χ1) is 13.2. The van der Waals surface area contributed by atoms with Crippen molar-refractivity contribution in [2.45, 2.75) is 25.8 Å². The first kappa shape index (κ1) is 17.7. The second-order valence-corrected chi connectivity index (χ2v) is 7.24. The number of methoxy groups -OCH3 is 1. The summed E-state index contributed by atoms with van der Waals surface area (Å²) in [5, 5.41) is 7.06. The predicted octanol–water partition coefficient (Wildman–Crippen LogP) is 3.62. The van der Waals surface area contributed by atoms with Gasteiger partial charge in [-0.1, -0.05) is 42.5 Å². The number of nitrogens with zero attached hydrogens (tertiary/aromatic N) is 3. The Morgan fingerprint density at radius 1 is 1.19 bits per heavy atom. The molecular weight excluding hydrogens is 338 g/mol. The number of fused-ring (bicyclic) bond motifs is 1. The summed E-state index contributed by atoms with van der Waals surface area (Å²) in [6.07, 6.45) is 1.18. The average Bonchev–Trinajstić information content (AvgIpc) is 3.32. The average molecular weight is 363 g/mol. The van der Waals surface area contributed by atoms with E-state index in [9.17, 15) is 4.79 Å². The quantitative estimate of drug-likeness (QED) is 0.650. The van der Waals surface area contributed by atoms with Crippen LogP contribution in [0.1, 0.15) is 34.1 Å². The van der Waals surface area contributed by atoms with Crippen LogP contribution in [0.3, 0.4) is 0 Å². The van der Waals surface area contributed by atoms with E-state index < -0.39 is 0 Å². The van der Waals surface area contributed by atoms with Crippen molar-refractivity contribution in [3.8, 4) is 0 Å². The largest absolute Gasteiger partial charge is 0.464 e. The molecule has 0 bridgehead atoms. The lowest BCUT2D eigenvalue weighted by Crippen LogP contribution is -2.25. The molecule has 1 unspecified atom stereocenters. The van der Waals surface area contributed by atoms with E-state index in [1.807, 2.05) is 11.6 Å². The van der Waals surface area contributed by atoms with E-state index in [-0.39, 0.29) is 5.97 Å². The summed E-state index contributed by atoms with van der Waals surface area (Å²) < 4.78 is 6.66. The van der Waals surface area contributed by atoms with Crippen LogP contribution in [0.4, 0.5) is 0 Å². The standard InChI is InChI=1S/C22H25N3O2/c1-16-14-21(22(26)27-2)23-25(16)13-12-24-11-10-18(15-24)20-9-5-7-17-6-3-4-8-19(17)20/h3-9,14,18H,10-13,15H2,1-2H3. The van der Waals surface area contributed by atoms with Crippen LogP contribution in [0, 0.1) is 6.92 Å². The minimum Gasteiger partial charge on any atom is -0.464 e. The van der Waals surface area contributed by atoms with Gasteiger partial charge in [0.15, 0.2) is 5.69 Å². The van der Waals surface area contributed by atoms with Gasteiger partial charge < -0.3 is 9.64 Å². The van der Waals surface area contributed by atoms with Gasteiger partial charge in [-0.3, -0.25) is 4.68 Å². The summed E-state index contributed by atoms with van der Waals surface area (Å²) in [6.45, 7) is 5.86. The van der Waals surface area contributed by atoms with E-state index in [4.69, 9.17) is 4.74 Å². The molecule has 1 atom stereocenters. The first-order valence-corrected chi connectivity index (χ1v) is 9.48. The molecule has 27 heavy (non-hydrogen) atoms. The molecule has 0 saturated carbocycles. The number of aromatic nitrogens is 2. The number of ether oxygens (including phenoxy) is 1. The maximum Gasteiger partial charge on any atom is 0.358 e. The van der Waals surface area contributed by atoms with Crippen molar-refractivity contribution in [3.63, 3.8) is 0 Å². The van der Waals surface area contributed by atoms with Gasteiger partial charge in [-0.2, -0.15) is 5.10 Å². The van der Waals surface area contributed by atoms with Crippen LogP contribution in [0.15, 0.2) is 48.5 Å². The summed E-state index contributed by atoms with van der Waals surface area (Å²) in [5.74, 6) is 0.189. The SMILES string of the molecule is COC(=O)c1cc(C)n(CCN2CCC(c3cccc4ccccc34)C2)n1. The third kappa shape index (κ3) is 3.60. The smallest absolute Gasteiger partial charge is 0.358 e. The van der Waals surface area contributed by atoms with Crippen molar-refractivity contribution >= 4 is 16.7 Å². The summed E-state index contributed by atoms with van der Waals surface area (Å²) in [4.78, 5) is 14.1. The third-order valence-electron chi connectivity index (χ3n) is 5.54. The van der Waals surface area contributed by atoms with E-state index in [0.717, 1.165) is 31.9 Å². The maximum atomic E-state index is 11.6. The lowest BCUT2D eigenvalue weighted by Gasteiger charge is -2.17. The number of esters is 1. The van der Waals surface area contributed by atoms with Crippen LogP contribution >= 0.6 is 0 Å². The molecule has 0 amide bonds. The van der Waals surface area contributed by atoms with Crippen molar-refractivity contribution in [1.82, 2.24) is 14.7 Å². The van der Waals surface area contributed by atoms with Gasteiger partial charge in [0.25, 0.3) is 0 Å². The highest BCUT2D eigenvalue weighted by Gasteiger charge is 2.25. The predicted molar refractivity (Wildman–Crippen MR) is 106 cm³/mol. The molecule has 2 heterocycles. The van der Waals surface area contributed by atoms with E-state index >= 15 is 0 Å². The molecule has 0 radical (unpaired) electrons. The molecule has 1 aliphatic heterocycles. The van der Waals surface area contributed by atoms with Crippen LogP contribution in [0.2, 0.25) is 0 Å². The molecule has 0 spiro atoms. The molecule has 5 nitrogen and oxygen atoms in total. The summed E-state index contributed by atoms with van der Waals surface area (Å²) in [5.41, 5.74) is 2.82. The molecule has 1 fully saturated rings. The van der Waals surface area contributed by atoms with E-state index in [2.05, 4.69) is 52.5 Å². The monoisotopic (exact) mass is 363 g/mol. The van der Waals surface area contributed by atoms with E-state index in [1.165, 1.54) is 29.9 Å². The molecule has 140 valence electrons. The Kier molecular flexibility index (Phi) is 4.94. The van der Waals surface area contributed by atoms with Crippen molar-refractivity contribution in [1.29, 1.82) is 0 Å². The van der Waals surface area contributed by atoms with Gasteiger partial charge in [0.2, 0.25) is 0 Å². The Bertz CT molecular complexity index is 958. The zero-order valence-corrected chi connectivity index (χ0v) is 15.9. The Morgan fingerprint density at radius 2 is 2.00 bits per heavy atom. The minimum atomic E-state index is -0.381. The topological polar surface area (TPSA) is 47.4 Å². The van der Waals surface area contributed by atoms with E-state index in [0.29, 0.717) is 11.6 Å². The fourth-order valence-electron chi connectivity index (χ4n) is 4.07. The molecule has 4 rings (SSSR count).